The van der Waals surface area contributed by atoms with E-state index in [4.69, 9.17) is 28.4 Å². The van der Waals surface area contributed by atoms with Gasteiger partial charge in [-0.05, 0) is 19.3 Å². The van der Waals surface area contributed by atoms with Gasteiger partial charge >= 0.3 is 0 Å². The average Bonchev–Trinajstić information content (AvgIpc) is 0.787. The van der Waals surface area contributed by atoms with Crippen LogP contribution in [-0.4, -0.2) is 193 Å². The first-order valence-electron chi connectivity index (χ1n) is 38.9. The number of ether oxygens (including phenoxy) is 6. The van der Waals surface area contributed by atoms with Crippen molar-refractivity contribution < 1.29 is 89.4 Å². The second-order valence-corrected chi connectivity index (χ2v) is 28.2. The second kappa shape index (κ2) is 57.2. The highest BCUT2D eigenvalue weighted by atomic mass is 16.8. The van der Waals surface area contributed by atoms with Gasteiger partial charge in [-0.2, -0.15) is 0 Å². The van der Waals surface area contributed by atoms with Gasteiger partial charge in [-0.1, -0.05) is 315 Å². The number of nitrogens with one attached hydrogen (secondary N) is 1. The van der Waals surface area contributed by atoms with Crippen LogP contribution >= 0.6 is 0 Å². The molecule has 19 nitrogen and oxygen atoms in total. The zero-order valence-electron chi connectivity index (χ0n) is 59.2. The molecule has 17 atom stereocenters. The second-order valence-electron chi connectivity index (χ2n) is 28.2. The fraction of sp³-hybridized carbons (Fsp3) is 0.960. The summed E-state index contributed by atoms with van der Waals surface area (Å²) in [7, 11) is 0. The van der Waals surface area contributed by atoms with E-state index in [1.807, 2.05) is 6.08 Å². The molecule has 1 amide bonds. The lowest BCUT2D eigenvalue weighted by atomic mass is 9.96. The quantitative estimate of drug-likeness (QED) is 0.0199. The third kappa shape index (κ3) is 37.8. The molecular formula is C75H143NO18. The van der Waals surface area contributed by atoms with Crippen molar-refractivity contribution >= 4 is 5.91 Å². The number of unbranched alkanes of at least 4 members (excludes halogenated alkanes) is 46. The molecule has 19 heteroatoms. The minimum atomic E-state index is -1.98. The van der Waals surface area contributed by atoms with Crippen LogP contribution in [-0.2, 0) is 33.2 Å². The number of hydrogen-bond donors (Lipinski definition) is 12. The third-order valence-electron chi connectivity index (χ3n) is 19.8. The van der Waals surface area contributed by atoms with Crippen molar-refractivity contribution in [2.45, 2.75) is 433 Å². The predicted molar refractivity (Wildman–Crippen MR) is 370 cm³/mol. The highest BCUT2D eigenvalue weighted by Gasteiger charge is 2.53. The summed E-state index contributed by atoms with van der Waals surface area (Å²) < 4.78 is 34.4. The Hall–Kier alpha value is -1.47. The van der Waals surface area contributed by atoms with E-state index in [9.17, 15) is 61.0 Å². The Morgan fingerprint density at radius 2 is 0.660 bits per heavy atom. The minimum absolute atomic E-state index is 0.250. The molecule has 0 aliphatic carbocycles. The Balaban J connectivity index is 1.40. The lowest BCUT2D eigenvalue weighted by Gasteiger charge is -2.48. The molecule has 94 heavy (non-hydrogen) atoms. The van der Waals surface area contributed by atoms with Gasteiger partial charge < -0.3 is 89.9 Å². The van der Waals surface area contributed by atoms with Crippen molar-refractivity contribution in [2.24, 2.45) is 0 Å². The molecule has 556 valence electrons. The molecule has 3 aliphatic rings. The maximum absolute atomic E-state index is 13.5. The summed E-state index contributed by atoms with van der Waals surface area (Å²) in [5.41, 5.74) is 0. The zero-order valence-corrected chi connectivity index (χ0v) is 59.2. The van der Waals surface area contributed by atoms with E-state index in [0.29, 0.717) is 6.42 Å². The molecule has 3 fully saturated rings. The largest absolute Gasteiger partial charge is 0.394 e. The summed E-state index contributed by atoms with van der Waals surface area (Å²) >= 11 is 0. The molecule has 0 aromatic carbocycles. The van der Waals surface area contributed by atoms with Crippen LogP contribution in [0.3, 0.4) is 0 Å². The molecule has 3 heterocycles. The van der Waals surface area contributed by atoms with E-state index in [-0.39, 0.29) is 18.9 Å². The average molecular weight is 1350 g/mol. The Kier molecular flexibility index (Phi) is 52.8. The fourth-order valence-corrected chi connectivity index (χ4v) is 13.5. The first-order valence-corrected chi connectivity index (χ1v) is 38.9. The molecule has 0 aromatic heterocycles. The molecule has 3 aliphatic heterocycles. The van der Waals surface area contributed by atoms with Crippen molar-refractivity contribution in [3.8, 4) is 0 Å². The molecule has 3 saturated heterocycles. The Labute approximate surface area is 569 Å². The van der Waals surface area contributed by atoms with E-state index in [1.54, 1.807) is 6.08 Å². The summed E-state index contributed by atoms with van der Waals surface area (Å²) in [6, 6.07) is -0.970. The summed E-state index contributed by atoms with van der Waals surface area (Å²) in [5, 5.41) is 121. The number of amides is 1. The lowest BCUT2D eigenvalue weighted by Crippen LogP contribution is -2.66. The Bertz CT molecular complexity index is 1750. The van der Waals surface area contributed by atoms with Crippen LogP contribution in [0.4, 0.5) is 0 Å². The number of aliphatic hydroxyl groups is 11. The summed E-state index contributed by atoms with van der Waals surface area (Å²) in [6.07, 6.45) is 39.1. The topological polar surface area (TPSA) is 307 Å². The molecule has 17 unspecified atom stereocenters. The van der Waals surface area contributed by atoms with Gasteiger partial charge in [0, 0.05) is 6.42 Å². The third-order valence-corrected chi connectivity index (χ3v) is 19.8. The maximum Gasteiger partial charge on any atom is 0.220 e. The maximum atomic E-state index is 13.5. The molecule has 3 rings (SSSR count). The predicted octanol–water partition coefficient (Wildman–Crippen LogP) is 12.0. The van der Waals surface area contributed by atoms with Crippen molar-refractivity contribution in [2.75, 3.05) is 26.4 Å². The normalized spacial score (nSPS) is 27.4. The number of rotatable bonds is 62. The first-order chi connectivity index (χ1) is 45.8. The number of hydrogen-bond acceptors (Lipinski definition) is 18. The van der Waals surface area contributed by atoms with Crippen LogP contribution in [0.1, 0.15) is 328 Å². The lowest BCUT2D eigenvalue weighted by molar-refractivity contribution is -0.379. The van der Waals surface area contributed by atoms with E-state index < -0.39 is 124 Å². The molecule has 12 N–H and O–H groups in total. The van der Waals surface area contributed by atoms with Gasteiger partial charge in [-0.25, -0.2) is 0 Å². The summed E-state index contributed by atoms with van der Waals surface area (Å²) in [4.78, 5) is 13.5. The molecule has 0 saturated carbocycles. The van der Waals surface area contributed by atoms with Crippen LogP contribution in [0.5, 0.6) is 0 Å². The highest BCUT2D eigenvalue weighted by molar-refractivity contribution is 5.76. The highest BCUT2D eigenvalue weighted by Crippen LogP contribution is 2.33. The molecule has 0 radical (unpaired) electrons. The van der Waals surface area contributed by atoms with Crippen molar-refractivity contribution in [3.05, 3.63) is 12.2 Å². The molecule has 0 bridgehead atoms. The fourth-order valence-electron chi connectivity index (χ4n) is 13.5. The number of allylic oxidation sites excluding steroid dienone is 1. The van der Waals surface area contributed by atoms with Crippen LogP contribution in [0, 0.1) is 0 Å². The van der Waals surface area contributed by atoms with Crippen molar-refractivity contribution in [3.63, 3.8) is 0 Å². The van der Waals surface area contributed by atoms with Crippen LogP contribution in [0.25, 0.3) is 0 Å². The summed E-state index contributed by atoms with van der Waals surface area (Å²) in [6.45, 7) is 1.80. The van der Waals surface area contributed by atoms with E-state index >= 15 is 0 Å². The Morgan fingerprint density at radius 1 is 0.372 bits per heavy atom. The van der Waals surface area contributed by atoms with E-state index in [2.05, 4.69) is 19.2 Å². The molecule has 0 spiro atoms. The van der Waals surface area contributed by atoms with Gasteiger partial charge in [0.05, 0.1) is 38.6 Å². The van der Waals surface area contributed by atoms with Gasteiger partial charge in [0.15, 0.2) is 18.9 Å². The first kappa shape index (κ1) is 86.8. The number of carbonyl (C=O) groups excluding carboxylic acids is 1. The zero-order chi connectivity index (χ0) is 68.2. The molecule has 0 aromatic rings. The number of carbonyl (C=O) groups is 1. The minimum Gasteiger partial charge on any atom is -0.394 e. The van der Waals surface area contributed by atoms with Crippen LogP contribution < -0.4 is 5.32 Å². The van der Waals surface area contributed by atoms with Gasteiger partial charge in [-0.3, -0.25) is 4.79 Å². The Morgan fingerprint density at radius 3 is 1.00 bits per heavy atom. The number of aliphatic hydroxyl groups excluding tert-OH is 11. The van der Waals surface area contributed by atoms with Crippen molar-refractivity contribution in [1.82, 2.24) is 5.32 Å². The standard InChI is InChI=1S/C75H143NO18/c1-3-5-7-9-11-13-15-17-19-21-23-25-27-29-30-32-34-36-38-40-42-44-46-48-50-52-59(80)58(76-63(81)53-51-49-47-45-43-41-39-37-35-33-31-28-26-24-22-20-18-16-14-12-10-8-6-4-2)57-89-73-69(87)66(84)71(61(55-78)91-73)94-75-70(88)67(85)72(62(56-79)92-75)93-74-68(86)65(83)64(82)60(54-77)90-74/h50,52,58-62,64-75,77-80,82-88H,3-49,51,53-57H2,1-2H3,(H,76,81)/b52-50+. The van der Waals surface area contributed by atoms with Gasteiger partial charge in [-0.15, -0.1) is 0 Å². The van der Waals surface area contributed by atoms with Crippen LogP contribution in [0.15, 0.2) is 12.2 Å². The van der Waals surface area contributed by atoms with E-state index in [0.717, 1.165) is 44.9 Å². The van der Waals surface area contributed by atoms with Crippen molar-refractivity contribution in [1.29, 1.82) is 0 Å². The van der Waals surface area contributed by atoms with Gasteiger partial charge in [0.1, 0.15) is 73.2 Å². The van der Waals surface area contributed by atoms with Gasteiger partial charge in [0.25, 0.3) is 0 Å². The monoisotopic (exact) mass is 1350 g/mol. The summed E-state index contributed by atoms with van der Waals surface area (Å²) in [5.74, 6) is -0.267. The smallest absolute Gasteiger partial charge is 0.220 e. The van der Waals surface area contributed by atoms with Crippen LogP contribution in [0.2, 0.25) is 0 Å². The SMILES string of the molecule is CCCCCCCCCCCCCCCCCCCCCCCCC/C=C/C(O)C(COC1OC(CO)C(OC2OC(CO)C(OC3OC(CO)C(O)C(O)C3O)C(O)C2O)C(O)C1O)NC(=O)CCCCCCCCCCCCCCCCCCCCCCCCCC. The van der Waals surface area contributed by atoms with E-state index in [1.165, 1.54) is 257 Å². The van der Waals surface area contributed by atoms with Gasteiger partial charge in [0.2, 0.25) is 5.91 Å². The molecular weight excluding hydrogens is 1200 g/mol.